The van der Waals surface area contributed by atoms with Crippen molar-refractivity contribution in [3.05, 3.63) is 23.8 Å². The molecule has 3 nitrogen and oxygen atoms in total. The van der Waals surface area contributed by atoms with E-state index in [9.17, 15) is 5.11 Å². The minimum absolute atomic E-state index is 0.321. The van der Waals surface area contributed by atoms with Gasteiger partial charge in [0.05, 0.1) is 6.61 Å². The lowest BCUT2D eigenvalue weighted by Crippen LogP contribution is -2.29. The molecule has 0 spiro atoms. The molecular weight excluding hydrogens is 250 g/mol. The van der Waals surface area contributed by atoms with E-state index in [4.69, 9.17) is 4.74 Å². The summed E-state index contributed by atoms with van der Waals surface area (Å²) in [5.74, 6) is 1.75. The number of hydrogen-bond donors (Lipinski definition) is 1. The fourth-order valence-electron chi connectivity index (χ4n) is 2.27. The van der Waals surface area contributed by atoms with Gasteiger partial charge in [-0.25, -0.2) is 0 Å². The lowest BCUT2D eigenvalue weighted by Gasteiger charge is -2.26. The van der Waals surface area contributed by atoms with Crippen molar-refractivity contribution in [3.8, 4) is 11.5 Å². The van der Waals surface area contributed by atoms with Crippen LogP contribution in [0.3, 0.4) is 0 Å². The maximum Gasteiger partial charge on any atom is 0.123 e. The normalized spacial score (nSPS) is 12.9. The van der Waals surface area contributed by atoms with Gasteiger partial charge in [-0.1, -0.05) is 26.8 Å². The topological polar surface area (TPSA) is 32.7 Å². The van der Waals surface area contributed by atoms with Crippen LogP contribution in [0.1, 0.15) is 46.1 Å². The number of phenols is 1. The number of aromatic hydroxyl groups is 1. The Morgan fingerprint density at radius 1 is 1.25 bits per heavy atom. The van der Waals surface area contributed by atoms with Gasteiger partial charge in [0, 0.05) is 24.2 Å². The molecule has 1 aromatic carbocycles. The lowest BCUT2D eigenvalue weighted by molar-refractivity contribution is 0.218. The third-order valence-corrected chi connectivity index (χ3v) is 3.51. The Balaban J connectivity index is 2.63. The zero-order valence-corrected chi connectivity index (χ0v) is 13.5. The molecular formula is C17H29NO2. The highest BCUT2D eigenvalue weighted by molar-refractivity contribution is 5.39. The summed E-state index contributed by atoms with van der Waals surface area (Å²) in [7, 11) is 2.11. The van der Waals surface area contributed by atoms with Gasteiger partial charge in [0.25, 0.3) is 0 Å². The first-order valence-corrected chi connectivity index (χ1v) is 7.59. The van der Waals surface area contributed by atoms with Crippen LogP contribution in [-0.4, -0.2) is 29.7 Å². The van der Waals surface area contributed by atoms with E-state index in [1.54, 1.807) is 6.07 Å². The Kier molecular flexibility index (Phi) is 6.86. The van der Waals surface area contributed by atoms with Crippen molar-refractivity contribution in [1.82, 2.24) is 4.90 Å². The summed E-state index contributed by atoms with van der Waals surface area (Å²) >= 11 is 0. The second kappa shape index (κ2) is 8.15. The van der Waals surface area contributed by atoms with Crippen LogP contribution in [0, 0.1) is 5.92 Å². The van der Waals surface area contributed by atoms with Crippen molar-refractivity contribution >= 4 is 0 Å². The Labute approximate surface area is 123 Å². The summed E-state index contributed by atoms with van der Waals surface area (Å²) in [6, 6.07) is 6.11. The summed E-state index contributed by atoms with van der Waals surface area (Å²) in [4.78, 5) is 2.28. The van der Waals surface area contributed by atoms with Gasteiger partial charge in [0.15, 0.2) is 0 Å². The monoisotopic (exact) mass is 279 g/mol. The quantitative estimate of drug-likeness (QED) is 0.779. The first kappa shape index (κ1) is 16.8. The van der Waals surface area contributed by atoms with E-state index < -0.39 is 0 Å². The minimum Gasteiger partial charge on any atom is -0.507 e. The van der Waals surface area contributed by atoms with Gasteiger partial charge in [-0.05, 0) is 38.8 Å². The molecule has 1 atom stereocenters. The van der Waals surface area contributed by atoms with E-state index in [1.165, 1.54) is 0 Å². The number of rotatable bonds is 8. The first-order chi connectivity index (χ1) is 9.43. The molecule has 0 aliphatic heterocycles. The van der Waals surface area contributed by atoms with Crippen molar-refractivity contribution in [2.24, 2.45) is 5.92 Å². The molecule has 20 heavy (non-hydrogen) atoms. The van der Waals surface area contributed by atoms with Crippen molar-refractivity contribution in [2.75, 3.05) is 13.7 Å². The Hall–Kier alpha value is -1.22. The number of hydrogen-bond acceptors (Lipinski definition) is 3. The van der Waals surface area contributed by atoms with Crippen LogP contribution in [0.4, 0.5) is 0 Å². The van der Waals surface area contributed by atoms with Crippen LogP contribution in [0.15, 0.2) is 18.2 Å². The van der Waals surface area contributed by atoms with Gasteiger partial charge in [0.1, 0.15) is 11.5 Å². The van der Waals surface area contributed by atoms with Crippen LogP contribution in [-0.2, 0) is 6.54 Å². The van der Waals surface area contributed by atoms with Gasteiger partial charge < -0.3 is 9.84 Å². The van der Waals surface area contributed by atoms with Crippen LogP contribution in [0.2, 0.25) is 0 Å². The summed E-state index contributed by atoms with van der Waals surface area (Å²) < 4.78 is 5.52. The predicted molar refractivity (Wildman–Crippen MR) is 84.3 cm³/mol. The predicted octanol–water partition coefficient (Wildman–Crippen LogP) is 4.05. The fourth-order valence-corrected chi connectivity index (χ4v) is 2.27. The molecule has 0 amide bonds. The zero-order chi connectivity index (χ0) is 15.1. The molecule has 0 saturated carbocycles. The number of benzene rings is 1. The van der Waals surface area contributed by atoms with Crippen LogP contribution in [0.5, 0.6) is 11.5 Å². The molecule has 1 rings (SSSR count). The summed E-state index contributed by atoms with van der Waals surface area (Å²) in [6.45, 7) is 10.2. The molecule has 1 unspecified atom stereocenters. The van der Waals surface area contributed by atoms with E-state index in [2.05, 4.69) is 39.6 Å². The van der Waals surface area contributed by atoms with Crippen molar-refractivity contribution in [1.29, 1.82) is 0 Å². The van der Waals surface area contributed by atoms with Gasteiger partial charge in [-0.2, -0.15) is 0 Å². The maximum absolute atomic E-state index is 10.1. The molecule has 0 aliphatic carbocycles. The van der Waals surface area contributed by atoms with Gasteiger partial charge in [-0.15, -0.1) is 0 Å². The number of nitrogens with zero attached hydrogens (tertiary/aromatic N) is 1. The third kappa shape index (κ3) is 5.41. The van der Waals surface area contributed by atoms with Crippen LogP contribution in [0.25, 0.3) is 0 Å². The van der Waals surface area contributed by atoms with E-state index in [-0.39, 0.29) is 0 Å². The molecule has 0 fully saturated rings. The average molecular weight is 279 g/mol. The molecule has 3 heteroatoms. The first-order valence-electron chi connectivity index (χ1n) is 7.59. The summed E-state index contributed by atoms with van der Waals surface area (Å²) in [5.41, 5.74) is 0.951. The van der Waals surface area contributed by atoms with Gasteiger partial charge >= 0.3 is 0 Å². The molecule has 0 bridgehead atoms. The lowest BCUT2D eigenvalue weighted by atomic mass is 10.0. The zero-order valence-electron chi connectivity index (χ0n) is 13.5. The Morgan fingerprint density at radius 2 is 1.95 bits per heavy atom. The number of phenolic OH excluding ortho intramolecular Hbond substituents is 1. The minimum atomic E-state index is 0.321. The molecule has 1 N–H and O–H groups in total. The molecule has 0 aromatic heterocycles. The second-order valence-corrected chi connectivity index (χ2v) is 6.03. The van der Waals surface area contributed by atoms with Crippen molar-refractivity contribution in [2.45, 2.75) is 53.1 Å². The number of ether oxygens (including phenoxy) is 1. The van der Waals surface area contributed by atoms with Crippen molar-refractivity contribution < 1.29 is 9.84 Å². The summed E-state index contributed by atoms with van der Waals surface area (Å²) in [5, 5.41) is 10.1. The SMILES string of the molecule is CCCOc1ccc(CN(C)C(C)CC(C)C)c(O)c1. The smallest absolute Gasteiger partial charge is 0.123 e. The van der Waals surface area contributed by atoms with E-state index in [1.807, 2.05) is 12.1 Å². The highest BCUT2D eigenvalue weighted by atomic mass is 16.5. The van der Waals surface area contributed by atoms with E-state index in [0.29, 0.717) is 24.3 Å². The Morgan fingerprint density at radius 3 is 2.50 bits per heavy atom. The fraction of sp³-hybridized carbons (Fsp3) is 0.647. The third-order valence-electron chi connectivity index (χ3n) is 3.51. The average Bonchev–Trinajstić information content (AvgIpc) is 2.38. The highest BCUT2D eigenvalue weighted by Crippen LogP contribution is 2.25. The molecule has 0 radical (unpaired) electrons. The molecule has 0 saturated heterocycles. The molecule has 114 valence electrons. The summed E-state index contributed by atoms with van der Waals surface area (Å²) in [6.07, 6.45) is 2.13. The Bertz CT molecular complexity index is 404. The van der Waals surface area contributed by atoms with Gasteiger partial charge in [-0.3, -0.25) is 4.90 Å². The van der Waals surface area contributed by atoms with E-state index in [0.717, 1.165) is 30.7 Å². The molecule has 1 aromatic rings. The maximum atomic E-state index is 10.1. The molecule has 0 heterocycles. The molecule has 0 aliphatic rings. The second-order valence-electron chi connectivity index (χ2n) is 6.03. The van der Waals surface area contributed by atoms with E-state index >= 15 is 0 Å². The van der Waals surface area contributed by atoms with Crippen LogP contribution >= 0.6 is 0 Å². The highest BCUT2D eigenvalue weighted by Gasteiger charge is 2.13. The van der Waals surface area contributed by atoms with Crippen LogP contribution < -0.4 is 4.74 Å². The van der Waals surface area contributed by atoms with Crippen molar-refractivity contribution in [3.63, 3.8) is 0 Å². The standard InChI is InChI=1S/C17H29NO2/c1-6-9-20-16-8-7-15(17(19)11-16)12-18(5)14(4)10-13(2)3/h7-8,11,13-14,19H,6,9-10,12H2,1-5H3. The van der Waals surface area contributed by atoms with Gasteiger partial charge in [0.2, 0.25) is 0 Å². The largest absolute Gasteiger partial charge is 0.507 e.